The van der Waals surface area contributed by atoms with Crippen LogP contribution in [0.3, 0.4) is 0 Å². The minimum absolute atomic E-state index is 0.164. The monoisotopic (exact) mass is 352 g/mol. The van der Waals surface area contributed by atoms with Crippen LogP contribution >= 0.6 is 15.9 Å². The maximum Gasteiger partial charge on any atom is 0.357 e. The van der Waals surface area contributed by atoms with Crippen molar-refractivity contribution in [3.8, 4) is 5.69 Å². The summed E-state index contributed by atoms with van der Waals surface area (Å²) in [6, 6.07) is 0. The molecule has 0 bridgehead atoms. The fourth-order valence-electron chi connectivity index (χ4n) is 1.70. The largest absolute Gasteiger partial charge is 0.476 e. The standard InChI is InChI=1S/C10H5BrN6O4/c11-7-8(10(18)19)14-16-3-5(1-12-9(7)16)15-4-6(2-13-15)17(20)21/h1-4H,(H,18,19). The Morgan fingerprint density at radius 1 is 1.38 bits per heavy atom. The minimum Gasteiger partial charge on any atom is -0.476 e. The van der Waals surface area contributed by atoms with Crippen LogP contribution in [0.4, 0.5) is 5.69 Å². The van der Waals surface area contributed by atoms with Crippen molar-refractivity contribution in [1.29, 1.82) is 0 Å². The van der Waals surface area contributed by atoms with Gasteiger partial charge in [0.25, 0.3) is 0 Å². The molecule has 0 unspecified atom stereocenters. The molecule has 0 aliphatic heterocycles. The second-order valence-electron chi connectivity index (χ2n) is 3.95. The first kappa shape index (κ1) is 13.2. The number of hydrogen-bond acceptors (Lipinski definition) is 6. The summed E-state index contributed by atoms with van der Waals surface area (Å²) in [4.78, 5) is 25.1. The Morgan fingerprint density at radius 3 is 2.76 bits per heavy atom. The molecule has 0 atom stereocenters. The third-order valence-electron chi connectivity index (χ3n) is 2.65. The average molecular weight is 353 g/mol. The van der Waals surface area contributed by atoms with Gasteiger partial charge < -0.3 is 5.11 Å². The molecule has 0 spiro atoms. The van der Waals surface area contributed by atoms with E-state index in [-0.39, 0.29) is 15.9 Å². The van der Waals surface area contributed by atoms with Gasteiger partial charge in [0.1, 0.15) is 18.1 Å². The van der Waals surface area contributed by atoms with Crippen LogP contribution in [0.2, 0.25) is 0 Å². The first-order chi connectivity index (χ1) is 9.97. The van der Waals surface area contributed by atoms with E-state index in [0.29, 0.717) is 11.3 Å². The van der Waals surface area contributed by atoms with Gasteiger partial charge in [-0.25, -0.2) is 19.0 Å². The van der Waals surface area contributed by atoms with Crippen molar-refractivity contribution >= 4 is 33.2 Å². The Kier molecular flexibility index (Phi) is 2.90. The highest BCUT2D eigenvalue weighted by Crippen LogP contribution is 2.22. The lowest BCUT2D eigenvalue weighted by Gasteiger charge is -2.00. The molecule has 3 rings (SSSR count). The molecular formula is C10H5BrN6O4. The Labute approximate surface area is 123 Å². The zero-order valence-electron chi connectivity index (χ0n) is 10.0. The maximum atomic E-state index is 11.0. The van der Waals surface area contributed by atoms with E-state index >= 15 is 0 Å². The molecule has 3 heterocycles. The zero-order valence-corrected chi connectivity index (χ0v) is 11.6. The highest BCUT2D eigenvalue weighted by atomic mass is 79.9. The SMILES string of the molecule is O=C(O)c1nn2cc(-n3cc([N+](=O)[O-])cn3)cnc2c1Br. The maximum absolute atomic E-state index is 11.0. The number of carbonyl (C=O) groups is 1. The van der Waals surface area contributed by atoms with Crippen molar-refractivity contribution in [2.75, 3.05) is 0 Å². The van der Waals surface area contributed by atoms with E-state index in [1.165, 1.54) is 27.8 Å². The van der Waals surface area contributed by atoms with E-state index in [1.54, 1.807) is 0 Å². The molecule has 11 heteroatoms. The van der Waals surface area contributed by atoms with Gasteiger partial charge in [0.05, 0.1) is 21.8 Å². The van der Waals surface area contributed by atoms with Crippen LogP contribution in [0.1, 0.15) is 10.5 Å². The predicted molar refractivity (Wildman–Crippen MR) is 71.4 cm³/mol. The number of rotatable bonds is 3. The van der Waals surface area contributed by atoms with Crippen LogP contribution in [-0.2, 0) is 0 Å². The summed E-state index contributed by atoms with van der Waals surface area (Å²) in [6.45, 7) is 0. The molecule has 106 valence electrons. The molecule has 0 saturated carbocycles. The second kappa shape index (κ2) is 4.63. The number of aromatic nitrogens is 5. The van der Waals surface area contributed by atoms with Crippen LogP contribution in [0.15, 0.2) is 29.3 Å². The molecule has 3 aromatic heterocycles. The van der Waals surface area contributed by atoms with Crippen molar-refractivity contribution in [3.63, 3.8) is 0 Å². The van der Waals surface area contributed by atoms with Crippen LogP contribution in [0.25, 0.3) is 11.3 Å². The van der Waals surface area contributed by atoms with E-state index in [1.807, 2.05) is 0 Å². The molecular weight excluding hydrogens is 348 g/mol. The highest BCUT2D eigenvalue weighted by molar-refractivity contribution is 9.10. The zero-order chi connectivity index (χ0) is 15.1. The van der Waals surface area contributed by atoms with Gasteiger partial charge in [0, 0.05) is 0 Å². The molecule has 0 saturated heterocycles. The van der Waals surface area contributed by atoms with E-state index < -0.39 is 10.9 Å². The molecule has 10 nitrogen and oxygen atoms in total. The van der Waals surface area contributed by atoms with Gasteiger partial charge >= 0.3 is 11.7 Å². The molecule has 0 aliphatic rings. The van der Waals surface area contributed by atoms with Crippen molar-refractivity contribution in [3.05, 3.63) is 45.1 Å². The van der Waals surface area contributed by atoms with Crippen molar-refractivity contribution in [2.45, 2.75) is 0 Å². The van der Waals surface area contributed by atoms with Gasteiger partial charge in [-0.15, -0.1) is 0 Å². The van der Waals surface area contributed by atoms with Gasteiger partial charge in [-0.2, -0.15) is 10.2 Å². The van der Waals surface area contributed by atoms with E-state index in [2.05, 4.69) is 31.1 Å². The smallest absolute Gasteiger partial charge is 0.357 e. The first-order valence-corrected chi connectivity index (χ1v) is 6.23. The number of carboxylic acid groups (broad SMARTS) is 1. The summed E-state index contributed by atoms with van der Waals surface area (Å²) in [5.74, 6) is -1.19. The van der Waals surface area contributed by atoms with Crippen LogP contribution in [0, 0.1) is 10.1 Å². The third kappa shape index (κ3) is 2.12. The molecule has 21 heavy (non-hydrogen) atoms. The van der Waals surface area contributed by atoms with Crippen LogP contribution < -0.4 is 0 Å². The van der Waals surface area contributed by atoms with Crippen molar-refractivity contribution in [2.24, 2.45) is 0 Å². The molecule has 0 radical (unpaired) electrons. The summed E-state index contributed by atoms with van der Waals surface area (Å²) in [7, 11) is 0. The van der Waals surface area contributed by atoms with E-state index in [4.69, 9.17) is 5.11 Å². The van der Waals surface area contributed by atoms with E-state index in [0.717, 1.165) is 6.20 Å². The quantitative estimate of drug-likeness (QED) is 0.555. The van der Waals surface area contributed by atoms with Gasteiger partial charge in [-0.3, -0.25) is 10.1 Å². The number of carboxylic acids is 1. The summed E-state index contributed by atoms with van der Waals surface area (Å²) >= 11 is 3.12. The summed E-state index contributed by atoms with van der Waals surface area (Å²) in [5.41, 5.74) is 0.384. The molecule has 3 aromatic rings. The minimum atomic E-state index is -1.19. The Morgan fingerprint density at radius 2 is 2.14 bits per heavy atom. The Balaban J connectivity index is 2.12. The molecule has 0 fully saturated rings. The van der Waals surface area contributed by atoms with Gasteiger partial charge in [-0.1, -0.05) is 0 Å². The summed E-state index contributed by atoms with van der Waals surface area (Å²) in [5, 5.41) is 27.3. The second-order valence-corrected chi connectivity index (χ2v) is 4.74. The molecule has 0 aromatic carbocycles. The lowest BCUT2D eigenvalue weighted by molar-refractivity contribution is -0.384. The molecule has 0 amide bonds. The number of aromatic carboxylic acids is 1. The average Bonchev–Trinajstić information content (AvgIpc) is 3.04. The fraction of sp³-hybridized carbons (Fsp3) is 0. The third-order valence-corrected chi connectivity index (χ3v) is 3.38. The lowest BCUT2D eigenvalue weighted by atomic mass is 10.4. The Bertz CT molecular complexity index is 885. The van der Waals surface area contributed by atoms with Crippen LogP contribution in [-0.4, -0.2) is 40.4 Å². The normalized spacial score (nSPS) is 10.9. The summed E-state index contributed by atoms with van der Waals surface area (Å²) < 4.78 is 2.77. The van der Waals surface area contributed by atoms with E-state index in [9.17, 15) is 14.9 Å². The molecule has 1 N–H and O–H groups in total. The van der Waals surface area contributed by atoms with Gasteiger partial charge in [0.15, 0.2) is 11.3 Å². The topological polar surface area (TPSA) is 128 Å². The first-order valence-electron chi connectivity index (χ1n) is 5.44. The number of nitro groups is 1. The number of fused-ring (bicyclic) bond motifs is 1. The number of nitrogens with zero attached hydrogens (tertiary/aromatic N) is 6. The van der Waals surface area contributed by atoms with Crippen LogP contribution in [0.5, 0.6) is 0 Å². The number of halogens is 1. The number of hydrogen-bond donors (Lipinski definition) is 1. The highest BCUT2D eigenvalue weighted by Gasteiger charge is 2.18. The van der Waals surface area contributed by atoms with Gasteiger partial charge in [-0.05, 0) is 15.9 Å². The Hall–Kier alpha value is -2.82. The molecule has 0 aliphatic carbocycles. The van der Waals surface area contributed by atoms with Crippen molar-refractivity contribution in [1.82, 2.24) is 24.4 Å². The predicted octanol–water partition coefficient (Wildman–Crippen LogP) is 1.28. The fourth-order valence-corrected chi connectivity index (χ4v) is 2.23. The summed E-state index contributed by atoms with van der Waals surface area (Å²) in [6.07, 6.45) is 5.20. The van der Waals surface area contributed by atoms with Gasteiger partial charge in [0.2, 0.25) is 0 Å². The lowest BCUT2D eigenvalue weighted by Crippen LogP contribution is -2.01. The van der Waals surface area contributed by atoms with Crippen molar-refractivity contribution < 1.29 is 14.8 Å².